The van der Waals surface area contributed by atoms with Crippen LogP contribution in [0.5, 0.6) is 0 Å². The third-order valence-corrected chi connectivity index (χ3v) is 4.19. The molecule has 6 heteroatoms. The van der Waals surface area contributed by atoms with Gasteiger partial charge in [0.15, 0.2) is 0 Å². The minimum Gasteiger partial charge on any atom is -0.393 e. The molecule has 1 aromatic heterocycles. The molecule has 1 aliphatic carbocycles. The molecule has 1 heterocycles. The van der Waals surface area contributed by atoms with Crippen molar-refractivity contribution in [2.45, 2.75) is 51.6 Å². The lowest BCUT2D eigenvalue weighted by Gasteiger charge is -2.16. The van der Waals surface area contributed by atoms with E-state index >= 15 is 0 Å². The van der Waals surface area contributed by atoms with Gasteiger partial charge in [0.25, 0.3) is 5.91 Å². The summed E-state index contributed by atoms with van der Waals surface area (Å²) in [5.41, 5.74) is 0.574. The second-order valence-corrected chi connectivity index (χ2v) is 7.00. The second kappa shape index (κ2) is 5.54. The number of carbonyl (C=O) groups is 1. The van der Waals surface area contributed by atoms with E-state index in [1.807, 2.05) is 20.8 Å². The van der Waals surface area contributed by atoms with Crippen LogP contribution in [0, 0.1) is 5.92 Å². The van der Waals surface area contributed by atoms with Crippen LogP contribution in [0.2, 0.25) is 0 Å². The van der Waals surface area contributed by atoms with E-state index in [1.165, 1.54) is 0 Å². The van der Waals surface area contributed by atoms with E-state index in [2.05, 4.69) is 14.9 Å². The van der Waals surface area contributed by atoms with Crippen molar-refractivity contribution < 1.29 is 9.90 Å². The molecule has 0 bridgehead atoms. The normalized spacial score (nSPS) is 23.6. The smallest absolute Gasteiger partial charge is 0.264 e. The fourth-order valence-electron chi connectivity index (χ4n) is 2.38. The third-order valence-electron chi connectivity index (χ3n) is 3.47. The van der Waals surface area contributed by atoms with Gasteiger partial charge in [-0.1, -0.05) is 25.3 Å². The molecule has 0 radical (unpaired) electrons. The fourth-order valence-corrected chi connectivity index (χ4v) is 3.17. The molecule has 0 saturated heterocycles. The summed E-state index contributed by atoms with van der Waals surface area (Å²) in [6.07, 6.45) is 2.41. The Morgan fingerprint density at radius 2 is 2.21 bits per heavy atom. The van der Waals surface area contributed by atoms with Gasteiger partial charge in [-0.05, 0) is 36.7 Å². The molecule has 1 aromatic rings. The van der Waals surface area contributed by atoms with Gasteiger partial charge in [-0.3, -0.25) is 4.79 Å². The number of nitrogens with zero attached hydrogens (tertiary/aromatic N) is 2. The summed E-state index contributed by atoms with van der Waals surface area (Å²) in [5, 5.41) is 16.5. The van der Waals surface area contributed by atoms with Crippen LogP contribution in [-0.2, 0) is 5.41 Å². The quantitative estimate of drug-likeness (QED) is 0.886. The van der Waals surface area contributed by atoms with Crippen LogP contribution >= 0.6 is 11.5 Å². The predicted molar refractivity (Wildman–Crippen MR) is 74.3 cm³/mol. The molecule has 1 amide bonds. The van der Waals surface area contributed by atoms with E-state index in [9.17, 15) is 9.90 Å². The highest BCUT2D eigenvalue weighted by Crippen LogP contribution is 2.27. The Hall–Kier alpha value is -1.01. The first-order chi connectivity index (χ1) is 8.88. The molecule has 2 rings (SSSR count). The number of aliphatic hydroxyl groups excluding tert-OH is 1. The van der Waals surface area contributed by atoms with Crippen LogP contribution in [0.1, 0.15) is 55.4 Å². The van der Waals surface area contributed by atoms with Crippen molar-refractivity contribution in [1.82, 2.24) is 14.9 Å². The van der Waals surface area contributed by atoms with Gasteiger partial charge in [0.2, 0.25) is 0 Å². The van der Waals surface area contributed by atoms with Gasteiger partial charge in [-0.15, -0.1) is 5.10 Å². The molecule has 0 spiro atoms. The highest BCUT2D eigenvalue weighted by Gasteiger charge is 2.27. The first-order valence-electron chi connectivity index (χ1n) is 6.67. The largest absolute Gasteiger partial charge is 0.393 e. The maximum Gasteiger partial charge on any atom is 0.264 e. The zero-order valence-corrected chi connectivity index (χ0v) is 12.5. The molecule has 1 fully saturated rings. The van der Waals surface area contributed by atoms with E-state index in [-0.39, 0.29) is 17.4 Å². The maximum atomic E-state index is 12.2. The molecule has 0 aliphatic heterocycles. The average molecular weight is 283 g/mol. The number of hydrogen-bond donors (Lipinski definition) is 2. The molecule has 0 aromatic carbocycles. The topological polar surface area (TPSA) is 75.1 Å². The number of aliphatic hydroxyl groups is 1. The third kappa shape index (κ3) is 3.51. The van der Waals surface area contributed by atoms with E-state index < -0.39 is 0 Å². The Morgan fingerprint density at radius 1 is 1.47 bits per heavy atom. The van der Waals surface area contributed by atoms with Gasteiger partial charge in [0, 0.05) is 12.0 Å². The Balaban J connectivity index is 1.95. The standard InChI is InChI=1S/C13H21N3O2S/c1-13(2,3)11-10(19-16-15-11)12(18)14-7-8-4-5-9(17)6-8/h8-9,17H,4-7H2,1-3H3,(H,14,18). The Kier molecular flexibility index (Phi) is 4.20. The molecule has 5 nitrogen and oxygen atoms in total. The summed E-state index contributed by atoms with van der Waals surface area (Å²) >= 11 is 1.15. The van der Waals surface area contributed by atoms with Gasteiger partial charge in [0.05, 0.1) is 11.8 Å². The first kappa shape index (κ1) is 14.4. The number of nitrogens with one attached hydrogen (secondary N) is 1. The van der Waals surface area contributed by atoms with Crippen LogP contribution in [0.4, 0.5) is 0 Å². The maximum absolute atomic E-state index is 12.2. The van der Waals surface area contributed by atoms with Crippen LogP contribution in [0.25, 0.3) is 0 Å². The summed E-state index contributed by atoms with van der Waals surface area (Å²) in [5.74, 6) is 0.291. The molecule has 2 unspecified atom stereocenters. The van der Waals surface area contributed by atoms with Gasteiger partial charge in [0.1, 0.15) is 4.88 Å². The van der Waals surface area contributed by atoms with Gasteiger partial charge < -0.3 is 10.4 Å². The highest BCUT2D eigenvalue weighted by molar-refractivity contribution is 7.08. The predicted octanol–water partition coefficient (Wildman–Crippen LogP) is 1.73. The number of hydrogen-bond acceptors (Lipinski definition) is 5. The van der Waals surface area contributed by atoms with Crippen molar-refractivity contribution in [3.05, 3.63) is 10.6 Å². The van der Waals surface area contributed by atoms with Crippen molar-refractivity contribution in [3.8, 4) is 0 Å². The Bertz CT molecular complexity index is 453. The molecule has 2 N–H and O–H groups in total. The van der Waals surface area contributed by atoms with Crippen molar-refractivity contribution in [2.24, 2.45) is 5.92 Å². The summed E-state index contributed by atoms with van der Waals surface area (Å²) in [6.45, 7) is 6.69. The Morgan fingerprint density at radius 3 is 2.79 bits per heavy atom. The summed E-state index contributed by atoms with van der Waals surface area (Å²) in [4.78, 5) is 12.8. The minimum absolute atomic E-state index is 0.0960. The Labute approximate surface area is 117 Å². The van der Waals surface area contributed by atoms with E-state index in [4.69, 9.17) is 0 Å². The minimum atomic E-state index is -0.197. The average Bonchev–Trinajstić information content (AvgIpc) is 2.93. The molecule has 2 atom stereocenters. The van der Waals surface area contributed by atoms with Crippen LogP contribution < -0.4 is 5.32 Å². The fraction of sp³-hybridized carbons (Fsp3) is 0.769. The summed E-state index contributed by atoms with van der Waals surface area (Å²) in [7, 11) is 0. The molecule has 106 valence electrons. The number of amides is 1. The van der Waals surface area contributed by atoms with E-state index in [0.29, 0.717) is 17.3 Å². The molecular formula is C13H21N3O2S. The monoisotopic (exact) mass is 283 g/mol. The molecule has 19 heavy (non-hydrogen) atoms. The molecule has 1 saturated carbocycles. The van der Waals surface area contributed by atoms with Crippen LogP contribution in [-0.4, -0.2) is 33.2 Å². The van der Waals surface area contributed by atoms with Gasteiger partial charge in [-0.25, -0.2) is 0 Å². The van der Waals surface area contributed by atoms with E-state index in [0.717, 1.165) is 36.5 Å². The number of aromatic nitrogens is 2. The molecule has 1 aliphatic rings. The van der Waals surface area contributed by atoms with Crippen molar-refractivity contribution in [1.29, 1.82) is 0 Å². The number of carbonyl (C=O) groups excluding carboxylic acids is 1. The lowest BCUT2D eigenvalue weighted by Crippen LogP contribution is -2.30. The first-order valence-corrected chi connectivity index (χ1v) is 7.44. The highest BCUT2D eigenvalue weighted by atomic mass is 32.1. The van der Waals surface area contributed by atoms with Crippen molar-refractivity contribution in [2.75, 3.05) is 6.54 Å². The second-order valence-electron chi connectivity index (χ2n) is 6.24. The van der Waals surface area contributed by atoms with Crippen molar-refractivity contribution >= 4 is 17.4 Å². The SMILES string of the molecule is CC(C)(C)c1nnsc1C(=O)NCC1CCC(O)C1. The molecular weight excluding hydrogens is 262 g/mol. The zero-order valence-electron chi connectivity index (χ0n) is 11.6. The summed E-state index contributed by atoms with van der Waals surface area (Å²) in [6, 6.07) is 0. The number of rotatable bonds is 3. The van der Waals surface area contributed by atoms with E-state index in [1.54, 1.807) is 0 Å². The van der Waals surface area contributed by atoms with Crippen LogP contribution in [0.15, 0.2) is 0 Å². The van der Waals surface area contributed by atoms with Crippen molar-refractivity contribution in [3.63, 3.8) is 0 Å². The lowest BCUT2D eigenvalue weighted by molar-refractivity contribution is 0.0946. The zero-order chi connectivity index (χ0) is 14.0. The van der Waals surface area contributed by atoms with Crippen LogP contribution in [0.3, 0.4) is 0 Å². The summed E-state index contributed by atoms with van der Waals surface area (Å²) < 4.78 is 3.89. The van der Waals surface area contributed by atoms with Gasteiger partial charge in [-0.2, -0.15) is 0 Å². The lowest BCUT2D eigenvalue weighted by atomic mass is 9.91. The van der Waals surface area contributed by atoms with Gasteiger partial charge >= 0.3 is 0 Å².